The minimum Gasteiger partial charge on any atom is -0.393 e. The van der Waals surface area contributed by atoms with Gasteiger partial charge in [0.25, 0.3) is 0 Å². The molecule has 3 heterocycles. The van der Waals surface area contributed by atoms with Crippen LogP contribution in [0.15, 0.2) is 44.5 Å². The second kappa shape index (κ2) is 6.71. The van der Waals surface area contributed by atoms with Gasteiger partial charge in [0.2, 0.25) is 0 Å². The number of aliphatic hydroxyl groups excluding tert-OH is 1. The Morgan fingerprint density at radius 2 is 1.60 bits per heavy atom. The molecule has 1 aliphatic heterocycles. The van der Waals surface area contributed by atoms with Crippen LogP contribution in [0.3, 0.4) is 0 Å². The number of aliphatic hydroxyl groups is 1. The number of hydrogen-bond acceptors (Lipinski definition) is 5. The van der Waals surface area contributed by atoms with Gasteiger partial charge in [0, 0.05) is 11.8 Å². The maximum Gasteiger partial charge on any atom is 0.0660 e. The minimum atomic E-state index is -0.351. The molecule has 3 atom stereocenters. The van der Waals surface area contributed by atoms with Crippen molar-refractivity contribution in [3.8, 4) is 0 Å². The lowest BCUT2D eigenvalue weighted by Gasteiger charge is -2.32. The first kappa shape index (κ1) is 14.7. The Bertz CT molecular complexity index is 536. The Kier molecular flexibility index (Phi) is 4.94. The van der Waals surface area contributed by atoms with Crippen LogP contribution in [0.1, 0.15) is 29.9 Å². The van der Waals surface area contributed by atoms with E-state index in [-0.39, 0.29) is 12.0 Å². The van der Waals surface area contributed by atoms with Crippen molar-refractivity contribution in [1.29, 1.82) is 0 Å². The molecule has 106 valence electrons. The van der Waals surface area contributed by atoms with Gasteiger partial charge in [-0.3, -0.25) is 0 Å². The molecule has 0 spiro atoms. The van der Waals surface area contributed by atoms with E-state index < -0.39 is 0 Å². The van der Waals surface area contributed by atoms with E-state index in [0.717, 1.165) is 0 Å². The number of thiophene rings is 2. The first-order chi connectivity index (χ1) is 9.77. The molecule has 3 rings (SSSR count). The summed E-state index contributed by atoms with van der Waals surface area (Å²) in [5, 5.41) is 23.4. The van der Waals surface area contributed by atoms with E-state index >= 15 is 0 Å². The van der Waals surface area contributed by atoms with Crippen molar-refractivity contribution in [2.75, 3.05) is 0 Å². The molecule has 0 saturated heterocycles. The molecule has 2 aromatic heterocycles. The Balaban J connectivity index is 1.98. The summed E-state index contributed by atoms with van der Waals surface area (Å²) in [7, 11) is 0. The average molecular weight is 341 g/mol. The fourth-order valence-electron chi connectivity index (χ4n) is 2.67. The fourth-order valence-corrected chi connectivity index (χ4v) is 6.54. The van der Waals surface area contributed by atoms with Crippen LogP contribution in [-0.4, -0.2) is 15.8 Å². The second-order valence-electron chi connectivity index (χ2n) is 4.82. The van der Waals surface area contributed by atoms with Gasteiger partial charge < -0.3 is 5.11 Å². The van der Waals surface area contributed by atoms with E-state index in [4.69, 9.17) is 0 Å². The molecule has 0 saturated carbocycles. The van der Waals surface area contributed by atoms with Gasteiger partial charge in [-0.1, -0.05) is 0 Å². The predicted octanol–water partition coefficient (Wildman–Crippen LogP) is 5.34. The molecule has 1 aliphatic rings. The third-order valence-corrected chi connectivity index (χ3v) is 7.49. The van der Waals surface area contributed by atoms with Crippen LogP contribution in [-0.2, 0) is 0 Å². The summed E-state index contributed by atoms with van der Waals surface area (Å²) < 4.78 is 0.448. The standard InChI is InChI=1S/C15H16OS4/c1-10(16)13(11-2-4-17-8-11)14(12-3-5-18-9-12)15-19-6-7-20-15/h2-10,13-16H,1H3. The van der Waals surface area contributed by atoms with Crippen LogP contribution < -0.4 is 0 Å². The van der Waals surface area contributed by atoms with Crippen LogP contribution >= 0.6 is 46.2 Å². The number of rotatable bonds is 5. The van der Waals surface area contributed by atoms with Crippen molar-refractivity contribution in [2.24, 2.45) is 0 Å². The van der Waals surface area contributed by atoms with Crippen LogP contribution in [0, 0.1) is 0 Å². The van der Waals surface area contributed by atoms with Gasteiger partial charge in [0.15, 0.2) is 0 Å². The monoisotopic (exact) mass is 340 g/mol. The van der Waals surface area contributed by atoms with Gasteiger partial charge in [0.05, 0.1) is 10.7 Å². The first-order valence-corrected chi connectivity index (χ1v) is 10.2. The molecule has 0 amide bonds. The molecule has 1 N–H and O–H groups in total. The van der Waals surface area contributed by atoms with Crippen LogP contribution in [0.5, 0.6) is 0 Å². The summed E-state index contributed by atoms with van der Waals surface area (Å²) in [6, 6.07) is 4.36. The molecule has 0 fully saturated rings. The third-order valence-electron chi connectivity index (χ3n) is 3.54. The molecular weight excluding hydrogens is 324 g/mol. The summed E-state index contributed by atoms with van der Waals surface area (Å²) in [6.45, 7) is 1.92. The number of thioether (sulfide) groups is 2. The lowest BCUT2D eigenvalue weighted by Crippen LogP contribution is -2.26. The molecule has 2 aromatic rings. The molecule has 5 heteroatoms. The third kappa shape index (κ3) is 3.02. The summed E-state index contributed by atoms with van der Waals surface area (Å²) in [6.07, 6.45) is -0.351. The highest BCUT2D eigenvalue weighted by atomic mass is 32.2. The van der Waals surface area contributed by atoms with Crippen molar-refractivity contribution >= 4 is 46.2 Å². The Morgan fingerprint density at radius 1 is 1.00 bits per heavy atom. The van der Waals surface area contributed by atoms with Gasteiger partial charge >= 0.3 is 0 Å². The summed E-state index contributed by atoms with van der Waals surface area (Å²) in [5.41, 5.74) is 2.61. The molecule has 0 radical (unpaired) electrons. The van der Waals surface area contributed by atoms with Crippen molar-refractivity contribution in [2.45, 2.75) is 29.4 Å². The largest absolute Gasteiger partial charge is 0.393 e. The van der Waals surface area contributed by atoms with Gasteiger partial charge in [-0.05, 0) is 62.5 Å². The van der Waals surface area contributed by atoms with E-state index in [1.165, 1.54) is 11.1 Å². The molecule has 0 aliphatic carbocycles. The Labute approximate surface area is 136 Å². The van der Waals surface area contributed by atoms with Crippen molar-refractivity contribution in [3.63, 3.8) is 0 Å². The SMILES string of the molecule is CC(O)C(c1ccsc1)C(c1ccsc1)C1SC=CS1. The first-order valence-electron chi connectivity index (χ1n) is 6.45. The van der Waals surface area contributed by atoms with Crippen molar-refractivity contribution in [1.82, 2.24) is 0 Å². The molecule has 1 nitrogen and oxygen atoms in total. The van der Waals surface area contributed by atoms with E-state index in [1.54, 1.807) is 22.7 Å². The van der Waals surface area contributed by atoms with Gasteiger partial charge in [-0.15, -0.1) is 23.5 Å². The van der Waals surface area contributed by atoms with E-state index in [9.17, 15) is 5.11 Å². The molecule has 3 unspecified atom stereocenters. The average Bonchev–Trinajstić information content (AvgIpc) is 3.17. The Hall–Kier alpha value is -0.200. The molecular formula is C15H16OS4. The summed E-state index contributed by atoms with van der Waals surface area (Å²) >= 11 is 7.18. The maximum atomic E-state index is 10.4. The zero-order valence-corrected chi connectivity index (χ0v) is 14.3. The minimum absolute atomic E-state index is 0.153. The Morgan fingerprint density at radius 3 is 2.10 bits per heavy atom. The van der Waals surface area contributed by atoms with Crippen LogP contribution in [0.25, 0.3) is 0 Å². The number of hydrogen-bond donors (Lipinski definition) is 1. The molecule has 0 aromatic carbocycles. The highest BCUT2D eigenvalue weighted by molar-refractivity contribution is 8.22. The second-order valence-corrected chi connectivity index (χ2v) is 8.78. The van der Waals surface area contributed by atoms with Crippen LogP contribution in [0.2, 0.25) is 0 Å². The van der Waals surface area contributed by atoms with E-state index in [1.807, 2.05) is 30.4 Å². The normalized spacial score (nSPS) is 20.1. The zero-order valence-electron chi connectivity index (χ0n) is 11.0. The zero-order chi connectivity index (χ0) is 13.9. The quantitative estimate of drug-likeness (QED) is 0.794. The summed E-state index contributed by atoms with van der Waals surface area (Å²) in [4.78, 5) is 0. The topological polar surface area (TPSA) is 20.2 Å². The highest BCUT2D eigenvalue weighted by Gasteiger charge is 2.36. The van der Waals surface area contributed by atoms with Crippen molar-refractivity contribution in [3.05, 3.63) is 55.6 Å². The predicted molar refractivity (Wildman–Crippen MR) is 93.9 cm³/mol. The van der Waals surface area contributed by atoms with Crippen LogP contribution in [0.4, 0.5) is 0 Å². The highest BCUT2D eigenvalue weighted by Crippen LogP contribution is 2.50. The van der Waals surface area contributed by atoms with Gasteiger partial charge in [-0.2, -0.15) is 22.7 Å². The smallest absolute Gasteiger partial charge is 0.0660 e. The van der Waals surface area contributed by atoms with Gasteiger partial charge in [-0.25, -0.2) is 0 Å². The lowest BCUT2D eigenvalue weighted by molar-refractivity contribution is 0.151. The van der Waals surface area contributed by atoms with Gasteiger partial charge in [0.1, 0.15) is 0 Å². The fraction of sp³-hybridized carbons (Fsp3) is 0.333. The van der Waals surface area contributed by atoms with E-state index in [0.29, 0.717) is 10.5 Å². The van der Waals surface area contributed by atoms with Crippen molar-refractivity contribution < 1.29 is 5.11 Å². The lowest BCUT2D eigenvalue weighted by atomic mass is 9.81. The maximum absolute atomic E-state index is 10.4. The molecule has 20 heavy (non-hydrogen) atoms. The van der Waals surface area contributed by atoms with E-state index in [2.05, 4.69) is 44.5 Å². The molecule has 0 bridgehead atoms. The summed E-state index contributed by atoms with van der Waals surface area (Å²) in [5.74, 6) is 0.488.